The van der Waals surface area contributed by atoms with E-state index in [0.717, 1.165) is 19.8 Å². The third-order valence-electron chi connectivity index (χ3n) is 2.45. The summed E-state index contributed by atoms with van der Waals surface area (Å²) in [5.41, 5.74) is 1.61. The van der Waals surface area contributed by atoms with Gasteiger partial charge >= 0.3 is 0 Å². The highest BCUT2D eigenvalue weighted by Gasteiger charge is 2.17. The molecule has 1 aromatic carbocycles. The number of carbonyl (C=O) groups excluding carboxylic acids is 1. The van der Waals surface area contributed by atoms with Gasteiger partial charge in [0.1, 0.15) is 0 Å². The van der Waals surface area contributed by atoms with Crippen LogP contribution >= 0.6 is 38.9 Å². The van der Waals surface area contributed by atoms with E-state index in [1.165, 1.54) is 11.3 Å². The van der Waals surface area contributed by atoms with Gasteiger partial charge in [0.25, 0.3) is 0 Å². The Bertz CT molecular complexity index is 589. The molecule has 0 aliphatic heterocycles. The Morgan fingerprint density at radius 3 is 2.53 bits per heavy atom. The van der Waals surface area contributed by atoms with Gasteiger partial charge in [-0.2, -0.15) is 0 Å². The Morgan fingerprint density at radius 2 is 2.00 bits per heavy atom. The highest BCUT2D eigenvalue weighted by molar-refractivity contribution is 9.10. The van der Waals surface area contributed by atoms with E-state index in [9.17, 15) is 4.79 Å². The Balaban J connectivity index is 2.47. The van der Waals surface area contributed by atoms with Crippen molar-refractivity contribution in [2.24, 2.45) is 0 Å². The number of benzene rings is 1. The van der Waals surface area contributed by atoms with Gasteiger partial charge in [-0.1, -0.05) is 11.6 Å². The summed E-state index contributed by atoms with van der Waals surface area (Å²) in [6.45, 7) is 3.88. The third kappa shape index (κ3) is 2.62. The Hall–Kier alpha value is -0.640. The van der Waals surface area contributed by atoms with E-state index in [0.29, 0.717) is 10.6 Å². The zero-order valence-electron chi connectivity index (χ0n) is 9.38. The summed E-state index contributed by atoms with van der Waals surface area (Å²) in [5.74, 6) is 0.0455. The molecule has 1 nitrogen and oxygen atoms in total. The van der Waals surface area contributed by atoms with Crippen LogP contribution in [0.4, 0.5) is 0 Å². The minimum atomic E-state index is 0.0455. The standard InChI is InChI=1S/C13H10BrClOS/c1-7-5-9(15)3-4-10(7)12(16)13-11(14)6-8(2)17-13/h3-6H,1-2H3. The highest BCUT2D eigenvalue weighted by Crippen LogP contribution is 2.30. The van der Waals surface area contributed by atoms with Gasteiger partial charge in [0.2, 0.25) is 5.78 Å². The van der Waals surface area contributed by atoms with E-state index in [1.807, 2.05) is 26.0 Å². The van der Waals surface area contributed by atoms with Gasteiger partial charge < -0.3 is 0 Å². The zero-order valence-corrected chi connectivity index (χ0v) is 12.5. The first-order chi connectivity index (χ1) is 7.99. The fraction of sp³-hybridized carbons (Fsp3) is 0.154. The van der Waals surface area contributed by atoms with Crippen molar-refractivity contribution in [1.82, 2.24) is 0 Å². The van der Waals surface area contributed by atoms with Crippen LogP contribution in [0.25, 0.3) is 0 Å². The Labute approximate surface area is 118 Å². The summed E-state index contributed by atoms with van der Waals surface area (Å²) < 4.78 is 0.861. The van der Waals surface area contributed by atoms with Gasteiger partial charge in [-0.05, 0) is 59.6 Å². The molecule has 2 aromatic rings. The molecule has 4 heteroatoms. The number of ketones is 1. The number of halogens is 2. The first-order valence-corrected chi connectivity index (χ1v) is 7.04. The second kappa shape index (κ2) is 4.92. The van der Waals surface area contributed by atoms with Crippen molar-refractivity contribution in [2.75, 3.05) is 0 Å². The predicted molar refractivity (Wildman–Crippen MR) is 76.4 cm³/mol. The molecule has 0 aliphatic carbocycles. The lowest BCUT2D eigenvalue weighted by molar-refractivity contribution is 0.104. The highest BCUT2D eigenvalue weighted by atomic mass is 79.9. The molecule has 0 aliphatic rings. The van der Waals surface area contributed by atoms with Crippen LogP contribution in [-0.4, -0.2) is 5.78 Å². The van der Waals surface area contributed by atoms with Crippen LogP contribution in [0.15, 0.2) is 28.7 Å². The van der Waals surface area contributed by atoms with E-state index in [4.69, 9.17) is 11.6 Å². The summed E-state index contributed by atoms with van der Waals surface area (Å²) in [7, 11) is 0. The lowest BCUT2D eigenvalue weighted by atomic mass is 10.0. The van der Waals surface area contributed by atoms with Crippen LogP contribution in [0.1, 0.15) is 25.7 Å². The summed E-state index contributed by atoms with van der Waals surface area (Å²) >= 11 is 10.8. The smallest absolute Gasteiger partial charge is 0.204 e. The van der Waals surface area contributed by atoms with E-state index >= 15 is 0 Å². The summed E-state index contributed by atoms with van der Waals surface area (Å²) in [6, 6.07) is 7.30. The second-order valence-corrected chi connectivity index (χ2v) is 6.37. The molecule has 17 heavy (non-hydrogen) atoms. The lowest BCUT2D eigenvalue weighted by Crippen LogP contribution is -2.01. The maximum absolute atomic E-state index is 12.3. The van der Waals surface area contributed by atoms with Crippen molar-refractivity contribution < 1.29 is 4.79 Å². The van der Waals surface area contributed by atoms with Crippen molar-refractivity contribution in [3.05, 3.63) is 54.6 Å². The first kappa shape index (κ1) is 12.8. The van der Waals surface area contributed by atoms with Gasteiger partial charge in [-0.15, -0.1) is 11.3 Å². The molecule has 0 radical (unpaired) electrons. The quantitative estimate of drug-likeness (QED) is 0.708. The van der Waals surface area contributed by atoms with Crippen LogP contribution in [0.2, 0.25) is 5.02 Å². The number of hydrogen-bond acceptors (Lipinski definition) is 2. The van der Waals surface area contributed by atoms with Crippen molar-refractivity contribution in [1.29, 1.82) is 0 Å². The normalized spacial score (nSPS) is 10.6. The van der Waals surface area contributed by atoms with E-state index in [1.54, 1.807) is 12.1 Å². The largest absolute Gasteiger partial charge is 0.288 e. The number of thiophene rings is 1. The minimum absolute atomic E-state index is 0.0455. The topological polar surface area (TPSA) is 17.1 Å². The molecule has 0 amide bonds. The predicted octanol–water partition coefficient (Wildman–Crippen LogP) is 5.01. The summed E-state index contributed by atoms with van der Waals surface area (Å²) in [5, 5.41) is 0.653. The zero-order chi connectivity index (χ0) is 12.6. The molecule has 88 valence electrons. The van der Waals surface area contributed by atoms with E-state index in [-0.39, 0.29) is 5.78 Å². The molecule has 0 unspecified atom stereocenters. The molecule has 0 saturated carbocycles. The Morgan fingerprint density at radius 1 is 1.29 bits per heavy atom. The fourth-order valence-corrected chi connectivity index (χ4v) is 3.64. The first-order valence-electron chi connectivity index (χ1n) is 5.06. The summed E-state index contributed by atoms with van der Waals surface area (Å²) in [6.07, 6.45) is 0. The maximum atomic E-state index is 12.3. The van der Waals surface area contributed by atoms with Crippen LogP contribution < -0.4 is 0 Å². The van der Waals surface area contributed by atoms with Crippen LogP contribution in [-0.2, 0) is 0 Å². The molecule has 1 heterocycles. The van der Waals surface area contributed by atoms with Gasteiger partial charge in [-0.25, -0.2) is 0 Å². The Kier molecular flexibility index (Phi) is 3.71. The van der Waals surface area contributed by atoms with Gasteiger partial charge in [0, 0.05) is 19.9 Å². The minimum Gasteiger partial charge on any atom is -0.288 e. The molecule has 0 atom stereocenters. The molecule has 0 N–H and O–H groups in total. The molecule has 0 fully saturated rings. The number of hydrogen-bond donors (Lipinski definition) is 0. The monoisotopic (exact) mass is 328 g/mol. The van der Waals surface area contributed by atoms with E-state index < -0.39 is 0 Å². The molecular weight excluding hydrogens is 320 g/mol. The molecule has 0 bridgehead atoms. The van der Waals surface area contributed by atoms with Crippen molar-refractivity contribution >= 4 is 44.7 Å². The fourth-order valence-electron chi connectivity index (χ4n) is 1.64. The van der Waals surface area contributed by atoms with Crippen LogP contribution in [0.5, 0.6) is 0 Å². The van der Waals surface area contributed by atoms with Crippen LogP contribution in [0, 0.1) is 13.8 Å². The number of carbonyl (C=O) groups is 1. The van der Waals surface area contributed by atoms with Crippen LogP contribution in [0.3, 0.4) is 0 Å². The molecule has 2 rings (SSSR count). The molecule has 0 saturated heterocycles. The SMILES string of the molecule is Cc1cc(Br)c(C(=O)c2ccc(Cl)cc2C)s1. The molecule has 1 aromatic heterocycles. The maximum Gasteiger partial charge on any atom is 0.204 e. The molecule has 0 spiro atoms. The van der Waals surface area contributed by atoms with Crippen molar-refractivity contribution in [3.63, 3.8) is 0 Å². The third-order valence-corrected chi connectivity index (χ3v) is 4.62. The van der Waals surface area contributed by atoms with Gasteiger partial charge in [0.05, 0.1) is 4.88 Å². The number of rotatable bonds is 2. The van der Waals surface area contributed by atoms with E-state index in [2.05, 4.69) is 15.9 Å². The summed E-state index contributed by atoms with van der Waals surface area (Å²) in [4.78, 5) is 14.2. The number of aryl methyl sites for hydroxylation is 2. The second-order valence-electron chi connectivity index (χ2n) is 3.82. The van der Waals surface area contributed by atoms with Crippen molar-refractivity contribution in [3.8, 4) is 0 Å². The average Bonchev–Trinajstić information content (AvgIpc) is 2.57. The van der Waals surface area contributed by atoms with Gasteiger partial charge in [0.15, 0.2) is 0 Å². The lowest BCUT2D eigenvalue weighted by Gasteiger charge is -2.04. The van der Waals surface area contributed by atoms with Crippen molar-refractivity contribution in [2.45, 2.75) is 13.8 Å². The average molecular weight is 330 g/mol. The van der Waals surface area contributed by atoms with Gasteiger partial charge in [-0.3, -0.25) is 4.79 Å². The molecular formula is C13H10BrClOS.